The Morgan fingerprint density at radius 2 is 0.738 bits per heavy atom. The minimum absolute atomic E-state index is 1.23. The van der Waals surface area contributed by atoms with E-state index in [2.05, 4.69) is 42.3 Å². The summed E-state index contributed by atoms with van der Waals surface area (Å²) in [6.45, 7) is 9.40. The van der Waals surface area contributed by atoms with Gasteiger partial charge in [-0.3, -0.25) is 0 Å². The Hall–Kier alpha value is -0.790. The Balaban J connectivity index is 2.17. The third-order valence-corrected chi connectivity index (χ3v) is 9.60. The van der Waals surface area contributed by atoms with Gasteiger partial charge in [-0.2, -0.15) is 0 Å². The molecule has 0 bridgehead atoms. The van der Waals surface area contributed by atoms with E-state index in [1.807, 2.05) is 0 Å². The molecule has 0 aliphatic rings. The molecule has 42 heavy (non-hydrogen) atoms. The predicted molar refractivity (Wildman–Crippen MR) is 188 cm³/mol. The van der Waals surface area contributed by atoms with E-state index in [-0.39, 0.29) is 0 Å². The minimum Gasteiger partial charge on any atom is -0.234 e. The van der Waals surface area contributed by atoms with Crippen molar-refractivity contribution in [2.75, 3.05) is 0 Å². The van der Waals surface area contributed by atoms with Crippen molar-refractivity contribution in [3.05, 3.63) is 18.2 Å². The van der Waals surface area contributed by atoms with E-state index in [0.717, 1.165) is 0 Å². The van der Waals surface area contributed by atoms with Gasteiger partial charge in [0.15, 0.2) is 0 Å². The number of hydrogen-bond donors (Lipinski definition) is 0. The Morgan fingerprint density at radius 3 is 1.14 bits per heavy atom. The molecule has 1 rings (SSSR count). The molecular weight excluding hydrogens is 508 g/mol. The summed E-state index contributed by atoms with van der Waals surface area (Å²) < 4.78 is 5.25. The highest BCUT2D eigenvalue weighted by molar-refractivity contribution is 4.84. The molecule has 0 aliphatic heterocycles. The summed E-state index contributed by atoms with van der Waals surface area (Å²) in [6, 6.07) is 0. The fraction of sp³-hybridized carbons (Fsp3) is 0.925. The highest BCUT2D eigenvalue weighted by Gasteiger charge is 2.16. The van der Waals surface area contributed by atoms with Crippen molar-refractivity contribution in [3.8, 4) is 0 Å². The van der Waals surface area contributed by atoms with Crippen LogP contribution >= 0.6 is 0 Å². The van der Waals surface area contributed by atoms with Crippen molar-refractivity contribution < 1.29 is 4.57 Å². The van der Waals surface area contributed by atoms with Crippen LogP contribution in [0.2, 0.25) is 0 Å². The maximum absolute atomic E-state index is 2.62. The summed E-state index contributed by atoms with van der Waals surface area (Å²) in [4.78, 5) is 0. The third kappa shape index (κ3) is 23.6. The van der Waals surface area contributed by atoms with Gasteiger partial charge >= 0.3 is 0 Å². The van der Waals surface area contributed by atoms with Crippen LogP contribution in [0.3, 0.4) is 0 Å². The summed E-state index contributed by atoms with van der Waals surface area (Å²) in [5.41, 5.74) is 0. The van der Waals surface area contributed by atoms with E-state index in [9.17, 15) is 0 Å². The summed E-state index contributed by atoms with van der Waals surface area (Å²) in [7, 11) is 0. The zero-order valence-electron chi connectivity index (χ0n) is 29.6. The second kappa shape index (κ2) is 31.6. The summed E-state index contributed by atoms with van der Waals surface area (Å²) in [6.07, 6.45) is 50.4. The number of hydrogen-bond acceptors (Lipinski definition) is 0. The zero-order valence-corrected chi connectivity index (χ0v) is 29.6. The SMILES string of the molecule is CCCCCCCCCCCCCCCCCC[n+]1ccn(CCCCCCCCCCCC)c1CCCCCCC. The highest BCUT2D eigenvalue weighted by Crippen LogP contribution is 2.15. The Bertz CT molecular complexity index is 648. The van der Waals surface area contributed by atoms with Crippen molar-refractivity contribution in [3.63, 3.8) is 0 Å². The van der Waals surface area contributed by atoms with Crippen LogP contribution in [0.5, 0.6) is 0 Å². The standard InChI is InChI=1S/C40H79N2/c1-4-7-10-13-15-17-19-20-21-22-23-24-26-28-31-34-37-42-39-38-41(40(42)35-32-29-12-9-6-3)36-33-30-27-25-18-16-14-11-8-5-2/h38-39H,4-37H2,1-3H3/q+1. The lowest BCUT2D eigenvalue weighted by molar-refractivity contribution is -0.704. The van der Waals surface area contributed by atoms with Gasteiger partial charge in [-0.05, 0) is 32.1 Å². The molecule has 0 fully saturated rings. The van der Waals surface area contributed by atoms with Crippen molar-refractivity contribution >= 4 is 0 Å². The first kappa shape index (κ1) is 39.2. The monoisotopic (exact) mass is 588 g/mol. The van der Waals surface area contributed by atoms with Crippen molar-refractivity contribution in [1.82, 2.24) is 4.57 Å². The van der Waals surface area contributed by atoms with Gasteiger partial charge in [-0.25, -0.2) is 9.13 Å². The number of imidazole rings is 1. The molecule has 248 valence electrons. The van der Waals surface area contributed by atoms with Crippen LogP contribution in [0.15, 0.2) is 12.4 Å². The van der Waals surface area contributed by atoms with Crippen LogP contribution < -0.4 is 4.57 Å². The van der Waals surface area contributed by atoms with Crippen molar-refractivity contribution in [1.29, 1.82) is 0 Å². The van der Waals surface area contributed by atoms with Gasteiger partial charge in [0.05, 0.1) is 13.1 Å². The topological polar surface area (TPSA) is 8.81 Å². The molecule has 0 spiro atoms. The third-order valence-electron chi connectivity index (χ3n) is 9.60. The van der Waals surface area contributed by atoms with E-state index < -0.39 is 0 Å². The fourth-order valence-electron chi connectivity index (χ4n) is 6.68. The van der Waals surface area contributed by atoms with Gasteiger partial charge in [-0.1, -0.05) is 188 Å². The summed E-state index contributed by atoms with van der Waals surface area (Å²) in [5, 5.41) is 0. The molecule has 2 nitrogen and oxygen atoms in total. The second-order valence-corrected chi connectivity index (χ2v) is 13.8. The Morgan fingerprint density at radius 1 is 0.405 bits per heavy atom. The Labute approximate surface area is 266 Å². The molecule has 1 aromatic rings. The molecule has 0 unspecified atom stereocenters. The molecule has 0 radical (unpaired) electrons. The molecule has 0 aromatic carbocycles. The molecule has 0 saturated heterocycles. The molecule has 0 N–H and O–H groups in total. The summed E-state index contributed by atoms with van der Waals surface area (Å²) in [5.74, 6) is 1.61. The minimum atomic E-state index is 1.23. The van der Waals surface area contributed by atoms with Gasteiger partial charge in [0.2, 0.25) is 0 Å². The quantitative estimate of drug-likeness (QED) is 0.0560. The fourth-order valence-corrected chi connectivity index (χ4v) is 6.68. The molecular formula is C40H79N2+. The first-order chi connectivity index (χ1) is 20.8. The van der Waals surface area contributed by atoms with Crippen molar-refractivity contribution in [2.45, 2.75) is 239 Å². The van der Waals surface area contributed by atoms with Crippen LogP contribution in [0.25, 0.3) is 0 Å². The number of unbranched alkanes of at least 4 members (excludes halogenated alkanes) is 28. The molecule has 0 aliphatic carbocycles. The largest absolute Gasteiger partial charge is 0.256 e. The number of aromatic nitrogens is 2. The molecule has 1 heterocycles. The average Bonchev–Trinajstić information content (AvgIpc) is 3.38. The van der Waals surface area contributed by atoms with Gasteiger partial charge in [-0.15, -0.1) is 0 Å². The van der Waals surface area contributed by atoms with Gasteiger partial charge in [0, 0.05) is 6.42 Å². The average molecular weight is 588 g/mol. The van der Waals surface area contributed by atoms with E-state index in [1.165, 1.54) is 219 Å². The van der Waals surface area contributed by atoms with Gasteiger partial charge in [0.1, 0.15) is 12.4 Å². The normalized spacial score (nSPS) is 11.6. The number of rotatable bonds is 34. The molecule has 0 amide bonds. The van der Waals surface area contributed by atoms with Crippen LogP contribution in [0, 0.1) is 0 Å². The number of nitrogens with zero attached hydrogens (tertiary/aromatic N) is 2. The Kier molecular flexibility index (Phi) is 29.5. The van der Waals surface area contributed by atoms with E-state index in [0.29, 0.717) is 0 Å². The first-order valence-electron chi connectivity index (χ1n) is 19.9. The molecule has 0 atom stereocenters. The van der Waals surface area contributed by atoms with Gasteiger partial charge < -0.3 is 0 Å². The highest BCUT2D eigenvalue weighted by atomic mass is 15.1. The smallest absolute Gasteiger partial charge is 0.234 e. The van der Waals surface area contributed by atoms with Crippen LogP contribution in [0.4, 0.5) is 0 Å². The van der Waals surface area contributed by atoms with Crippen LogP contribution in [-0.4, -0.2) is 4.57 Å². The molecule has 0 saturated carbocycles. The van der Waals surface area contributed by atoms with E-state index in [1.54, 1.807) is 5.82 Å². The number of aryl methyl sites for hydroxylation is 2. The molecule has 2 heteroatoms. The van der Waals surface area contributed by atoms with Crippen molar-refractivity contribution in [2.24, 2.45) is 0 Å². The second-order valence-electron chi connectivity index (χ2n) is 13.8. The maximum atomic E-state index is 2.62. The molecule has 1 aromatic heterocycles. The summed E-state index contributed by atoms with van der Waals surface area (Å²) >= 11 is 0. The maximum Gasteiger partial charge on any atom is 0.256 e. The van der Waals surface area contributed by atoms with Gasteiger partial charge in [0.25, 0.3) is 5.82 Å². The lowest BCUT2D eigenvalue weighted by Gasteiger charge is -2.07. The van der Waals surface area contributed by atoms with Crippen LogP contribution in [-0.2, 0) is 19.5 Å². The first-order valence-corrected chi connectivity index (χ1v) is 19.9. The van der Waals surface area contributed by atoms with E-state index >= 15 is 0 Å². The predicted octanol–water partition coefficient (Wildman–Crippen LogP) is 13.5. The zero-order chi connectivity index (χ0) is 30.2. The lowest BCUT2D eigenvalue weighted by Crippen LogP contribution is -2.37. The van der Waals surface area contributed by atoms with Crippen LogP contribution in [0.1, 0.15) is 226 Å². The lowest BCUT2D eigenvalue weighted by atomic mass is 10.0. The van der Waals surface area contributed by atoms with E-state index in [4.69, 9.17) is 0 Å².